The lowest BCUT2D eigenvalue weighted by Gasteiger charge is -2.09. The van der Waals surface area contributed by atoms with Gasteiger partial charge in [-0.05, 0) is 77.3 Å². The van der Waals surface area contributed by atoms with Crippen LogP contribution in [0.2, 0.25) is 5.02 Å². The second-order valence-corrected chi connectivity index (χ2v) is 8.85. The molecule has 1 aromatic heterocycles. The summed E-state index contributed by atoms with van der Waals surface area (Å²) in [4.78, 5) is 20.6. The number of nitrogens with one attached hydrogen (secondary N) is 1. The number of carbonyl (C=O) groups is 1. The number of aryl methyl sites for hydroxylation is 2. The highest BCUT2D eigenvalue weighted by molar-refractivity contribution is 9.10. The van der Waals surface area contributed by atoms with Crippen LogP contribution in [-0.2, 0) is 11.4 Å². The van der Waals surface area contributed by atoms with E-state index in [9.17, 15) is 4.79 Å². The Kier molecular flexibility index (Phi) is 8.45. The highest BCUT2D eigenvalue weighted by Crippen LogP contribution is 2.26. The third-order valence-electron chi connectivity index (χ3n) is 3.96. The van der Waals surface area contributed by atoms with Crippen molar-refractivity contribution >= 4 is 51.4 Å². The lowest BCUT2D eigenvalue weighted by atomic mass is 10.2. The molecule has 1 heterocycles. The van der Waals surface area contributed by atoms with Gasteiger partial charge in [0, 0.05) is 16.4 Å². The van der Waals surface area contributed by atoms with Crippen LogP contribution >= 0.6 is 39.3 Å². The minimum absolute atomic E-state index is 0.182. The van der Waals surface area contributed by atoms with Crippen molar-refractivity contribution in [3.63, 3.8) is 0 Å². The van der Waals surface area contributed by atoms with Crippen molar-refractivity contribution in [1.29, 1.82) is 0 Å². The van der Waals surface area contributed by atoms with Gasteiger partial charge in [-0.25, -0.2) is 15.4 Å². The number of aromatic nitrogens is 2. The molecule has 6 nitrogen and oxygen atoms in total. The molecule has 3 aromatic rings. The van der Waals surface area contributed by atoms with E-state index in [-0.39, 0.29) is 11.7 Å². The molecule has 1 N–H and O–H groups in total. The van der Waals surface area contributed by atoms with Gasteiger partial charge >= 0.3 is 0 Å². The van der Waals surface area contributed by atoms with Crippen molar-refractivity contribution in [2.75, 3.05) is 5.75 Å². The van der Waals surface area contributed by atoms with Gasteiger partial charge in [0.05, 0.1) is 16.4 Å². The third kappa shape index (κ3) is 7.65. The monoisotopic (exact) mass is 518 g/mol. The van der Waals surface area contributed by atoms with Crippen molar-refractivity contribution in [3.8, 4) is 5.75 Å². The van der Waals surface area contributed by atoms with E-state index in [1.165, 1.54) is 11.8 Å². The Morgan fingerprint density at radius 3 is 2.55 bits per heavy atom. The molecule has 0 aliphatic heterocycles. The maximum absolute atomic E-state index is 12.0. The average molecular weight is 520 g/mol. The Hall–Kier alpha value is -2.42. The topological polar surface area (TPSA) is 76.5 Å². The van der Waals surface area contributed by atoms with Crippen LogP contribution in [0, 0.1) is 13.8 Å². The Morgan fingerprint density at radius 1 is 1.16 bits per heavy atom. The molecule has 0 radical (unpaired) electrons. The first-order valence-electron chi connectivity index (χ1n) is 9.33. The zero-order chi connectivity index (χ0) is 22.2. The molecule has 0 aliphatic carbocycles. The Bertz CT molecular complexity index is 1070. The molecular weight excluding hydrogens is 500 g/mol. The highest BCUT2D eigenvalue weighted by atomic mass is 79.9. The predicted molar refractivity (Wildman–Crippen MR) is 128 cm³/mol. The van der Waals surface area contributed by atoms with Gasteiger partial charge in [0.1, 0.15) is 12.4 Å². The van der Waals surface area contributed by atoms with E-state index < -0.39 is 0 Å². The van der Waals surface area contributed by atoms with Gasteiger partial charge in [-0.3, -0.25) is 4.79 Å². The van der Waals surface area contributed by atoms with Gasteiger partial charge in [-0.15, -0.1) is 0 Å². The number of benzene rings is 2. The number of ether oxygens (including phenoxy) is 1. The van der Waals surface area contributed by atoms with Gasteiger partial charge in [0.25, 0.3) is 5.91 Å². The third-order valence-corrected chi connectivity index (χ3v) is 5.68. The van der Waals surface area contributed by atoms with Crippen molar-refractivity contribution in [2.45, 2.75) is 25.6 Å². The van der Waals surface area contributed by atoms with Gasteiger partial charge in [0.15, 0.2) is 5.16 Å². The number of hydrazone groups is 1. The number of hydrogen-bond acceptors (Lipinski definition) is 6. The summed E-state index contributed by atoms with van der Waals surface area (Å²) in [6.45, 7) is 4.23. The molecule has 1 amide bonds. The van der Waals surface area contributed by atoms with Gasteiger partial charge < -0.3 is 4.74 Å². The lowest BCUT2D eigenvalue weighted by molar-refractivity contribution is -0.118. The first-order chi connectivity index (χ1) is 14.9. The number of halogens is 2. The maximum atomic E-state index is 12.0. The van der Waals surface area contributed by atoms with E-state index in [4.69, 9.17) is 16.3 Å². The first-order valence-corrected chi connectivity index (χ1v) is 11.5. The minimum Gasteiger partial charge on any atom is -0.488 e. The van der Waals surface area contributed by atoms with E-state index in [1.54, 1.807) is 6.21 Å². The smallest absolute Gasteiger partial charge is 0.250 e. The fourth-order valence-corrected chi connectivity index (χ4v) is 3.93. The zero-order valence-electron chi connectivity index (χ0n) is 16.9. The molecule has 9 heteroatoms. The molecule has 0 spiro atoms. The van der Waals surface area contributed by atoms with Crippen LogP contribution in [0.3, 0.4) is 0 Å². The van der Waals surface area contributed by atoms with Crippen molar-refractivity contribution in [2.24, 2.45) is 5.10 Å². The Morgan fingerprint density at radius 2 is 1.87 bits per heavy atom. The van der Waals surface area contributed by atoms with Crippen LogP contribution in [0.5, 0.6) is 5.75 Å². The minimum atomic E-state index is -0.231. The molecule has 0 saturated carbocycles. The molecule has 0 fully saturated rings. The lowest BCUT2D eigenvalue weighted by Crippen LogP contribution is -2.19. The molecule has 0 bridgehead atoms. The summed E-state index contributed by atoms with van der Waals surface area (Å²) in [6, 6.07) is 15.0. The predicted octanol–water partition coefficient (Wildman–Crippen LogP) is 5.33. The quantitative estimate of drug-likeness (QED) is 0.188. The summed E-state index contributed by atoms with van der Waals surface area (Å²) < 4.78 is 6.62. The Labute approximate surface area is 198 Å². The van der Waals surface area contributed by atoms with Crippen LogP contribution in [0.25, 0.3) is 0 Å². The van der Waals surface area contributed by atoms with E-state index in [1.807, 2.05) is 62.4 Å². The summed E-state index contributed by atoms with van der Waals surface area (Å²) in [6.07, 6.45) is 1.57. The molecule has 0 atom stereocenters. The molecule has 3 rings (SSSR count). The fraction of sp³-hybridized carbons (Fsp3) is 0.182. The normalized spacial score (nSPS) is 11.0. The van der Waals surface area contributed by atoms with Crippen LogP contribution in [0.4, 0.5) is 0 Å². The zero-order valence-corrected chi connectivity index (χ0v) is 20.1. The average Bonchev–Trinajstić information content (AvgIpc) is 2.72. The Balaban J connectivity index is 1.48. The summed E-state index contributed by atoms with van der Waals surface area (Å²) in [5.41, 5.74) is 6.10. The van der Waals surface area contributed by atoms with Crippen LogP contribution < -0.4 is 10.2 Å². The molecular formula is C22H20BrClN4O2S. The first kappa shape index (κ1) is 23.2. The SMILES string of the molecule is Cc1cc(C)nc(SCC(=O)N/N=C\c2ccc(OCc3ccc(Cl)cc3)c(Br)c2)n1. The summed E-state index contributed by atoms with van der Waals surface area (Å²) in [5, 5.41) is 5.28. The van der Waals surface area contributed by atoms with Gasteiger partial charge in [-0.2, -0.15) is 5.10 Å². The second kappa shape index (κ2) is 11.3. The van der Waals surface area contributed by atoms with Crippen molar-refractivity contribution in [3.05, 3.63) is 80.5 Å². The van der Waals surface area contributed by atoms with Crippen molar-refractivity contribution < 1.29 is 9.53 Å². The number of rotatable bonds is 8. The maximum Gasteiger partial charge on any atom is 0.250 e. The van der Waals surface area contributed by atoms with Crippen LogP contribution in [0.15, 0.2) is 63.3 Å². The molecule has 31 heavy (non-hydrogen) atoms. The fourth-order valence-electron chi connectivity index (χ4n) is 2.56. The number of hydrogen-bond donors (Lipinski definition) is 1. The number of carbonyl (C=O) groups excluding carboxylic acids is 1. The van der Waals surface area contributed by atoms with E-state index in [0.717, 1.165) is 27.0 Å². The molecule has 2 aromatic carbocycles. The molecule has 0 aliphatic rings. The summed E-state index contributed by atoms with van der Waals surface area (Å²) in [5.74, 6) is 0.661. The largest absolute Gasteiger partial charge is 0.488 e. The molecule has 0 unspecified atom stereocenters. The summed E-state index contributed by atoms with van der Waals surface area (Å²) in [7, 11) is 0. The van der Waals surface area contributed by atoms with Gasteiger partial charge in [-0.1, -0.05) is 35.5 Å². The van der Waals surface area contributed by atoms with E-state index >= 15 is 0 Å². The van der Waals surface area contributed by atoms with Crippen molar-refractivity contribution in [1.82, 2.24) is 15.4 Å². The number of amides is 1. The molecule has 0 saturated heterocycles. The second-order valence-electron chi connectivity index (χ2n) is 6.62. The van der Waals surface area contributed by atoms with Gasteiger partial charge in [0.2, 0.25) is 0 Å². The highest BCUT2D eigenvalue weighted by Gasteiger charge is 2.06. The van der Waals surface area contributed by atoms with Crippen LogP contribution in [-0.4, -0.2) is 27.8 Å². The summed E-state index contributed by atoms with van der Waals surface area (Å²) >= 11 is 10.7. The molecule has 160 valence electrons. The number of thioether (sulfide) groups is 1. The number of nitrogens with zero attached hydrogens (tertiary/aromatic N) is 3. The van der Waals surface area contributed by atoms with E-state index in [0.29, 0.717) is 22.5 Å². The van der Waals surface area contributed by atoms with E-state index in [2.05, 4.69) is 36.4 Å². The standard InChI is InChI=1S/C22H20BrClN4O2S/c1-14-9-15(2)27-22(26-14)31-13-21(29)28-25-11-17-5-8-20(19(23)10-17)30-12-16-3-6-18(24)7-4-16/h3-11H,12-13H2,1-2H3,(H,28,29)/b25-11-. The van der Waals surface area contributed by atoms with Crippen LogP contribution in [0.1, 0.15) is 22.5 Å².